The first-order valence-electron chi connectivity index (χ1n) is 5.87. The van der Waals surface area contributed by atoms with Gasteiger partial charge in [-0.15, -0.1) is 0 Å². The summed E-state index contributed by atoms with van der Waals surface area (Å²) >= 11 is 0. The highest BCUT2D eigenvalue weighted by molar-refractivity contribution is 6.08. The topological polar surface area (TPSA) is 29.1 Å². The maximum Gasteiger partial charge on any atom is 0.190 e. The second-order valence-corrected chi connectivity index (χ2v) is 4.11. The first-order chi connectivity index (χ1) is 7.81. The highest BCUT2D eigenvalue weighted by Gasteiger charge is 2.14. The molecule has 0 atom stereocenters. The van der Waals surface area contributed by atoms with Gasteiger partial charge in [-0.05, 0) is 30.9 Å². The number of ketones is 1. The van der Waals surface area contributed by atoms with Crippen molar-refractivity contribution in [2.75, 3.05) is 6.54 Å². The highest BCUT2D eigenvalue weighted by atomic mass is 16.1. The van der Waals surface area contributed by atoms with Crippen LogP contribution in [-0.4, -0.2) is 12.3 Å². The number of allylic oxidation sites excluding steroid dienone is 1. The van der Waals surface area contributed by atoms with Crippen LogP contribution in [-0.2, 0) is 6.42 Å². The van der Waals surface area contributed by atoms with Crippen molar-refractivity contribution >= 4 is 5.78 Å². The molecule has 0 bridgehead atoms. The fourth-order valence-electron chi connectivity index (χ4n) is 1.95. The van der Waals surface area contributed by atoms with E-state index in [-0.39, 0.29) is 5.78 Å². The molecule has 0 saturated heterocycles. The summed E-state index contributed by atoms with van der Waals surface area (Å²) in [6.07, 6.45) is 4.77. The fraction of sp³-hybridized carbons (Fsp3) is 0.357. The number of aryl methyl sites for hydroxylation is 1. The van der Waals surface area contributed by atoms with Crippen LogP contribution in [0.2, 0.25) is 0 Å². The second kappa shape index (κ2) is 4.97. The Morgan fingerprint density at radius 3 is 3.00 bits per heavy atom. The SMILES string of the molecule is CCc1cccc(C(=O)C2=CNCCC2)c1. The molecular formula is C14H17NO. The van der Waals surface area contributed by atoms with Crippen LogP contribution in [0.3, 0.4) is 0 Å². The normalized spacial score (nSPS) is 15.2. The third-order valence-corrected chi connectivity index (χ3v) is 2.93. The molecule has 0 spiro atoms. The van der Waals surface area contributed by atoms with E-state index in [1.807, 2.05) is 24.4 Å². The van der Waals surface area contributed by atoms with E-state index in [0.29, 0.717) is 0 Å². The molecule has 1 aliphatic heterocycles. The highest BCUT2D eigenvalue weighted by Crippen LogP contribution is 2.16. The van der Waals surface area contributed by atoms with Crippen molar-refractivity contribution in [1.82, 2.24) is 5.32 Å². The lowest BCUT2D eigenvalue weighted by atomic mass is 9.97. The molecule has 16 heavy (non-hydrogen) atoms. The molecule has 0 radical (unpaired) electrons. The third kappa shape index (κ3) is 2.32. The quantitative estimate of drug-likeness (QED) is 0.785. The number of rotatable bonds is 3. The van der Waals surface area contributed by atoms with Gasteiger partial charge >= 0.3 is 0 Å². The van der Waals surface area contributed by atoms with E-state index in [0.717, 1.165) is 36.9 Å². The standard InChI is InChI=1S/C14H17NO/c1-2-11-5-3-6-12(9-11)14(16)13-7-4-8-15-10-13/h3,5-6,9-10,15H,2,4,7-8H2,1H3. The Morgan fingerprint density at radius 1 is 1.44 bits per heavy atom. The molecule has 1 N–H and O–H groups in total. The lowest BCUT2D eigenvalue weighted by Crippen LogP contribution is -2.18. The van der Waals surface area contributed by atoms with Gasteiger partial charge in [0.15, 0.2) is 5.78 Å². The lowest BCUT2D eigenvalue weighted by molar-refractivity contribution is 0.102. The molecular weight excluding hydrogens is 198 g/mol. The van der Waals surface area contributed by atoms with Crippen LogP contribution < -0.4 is 5.32 Å². The summed E-state index contributed by atoms with van der Waals surface area (Å²) in [6.45, 7) is 3.08. The zero-order valence-electron chi connectivity index (χ0n) is 9.62. The van der Waals surface area contributed by atoms with Crippen molar-refractivity contribution in [3.63, 3.8) is 0 Å². The molecule has 0 saturated carbocycles. The molecule has 0 aromatic heterocycles. The first-order valence-corrected chi connectivity index (χ1v) is 5.87. The molecule has 2 rings (SSSR count). The number of nitrogens with one attached hydrogen (secondary N) is 1. The van der Waals surface area contributed by atoms with Crippen molar-refractivity contribution in [3.05, 3.63) is 47.2 Å². The molecule has 1 aliphatic rings. The summed E-state index contributed by atoms with van der Waals surface area (Å²) in [5.74, 6) is 0.169. The average Bonchev–Trinajstić information content (AvgIpc) is 2.39. The second-order valence-electron chi connectivity index (χ2n) is 4.11. The number of benzene rings is 1. The van der Waals surface area contributed by atoms with Gasteiger partial charge in [-0.3, -0.25) is 4.79 Å². The molecule has 1 aromatic rings. The zero-order chi connectivity index (χ0) is 11.4. The molecule has 0 unspecified atom stereocenters. The van der Waals surface area contributed by atoms with Crippen molar-refractivity contribution in [2.45, 2.75) is 26.2 Å². The molecule has 0 amide bonds. The van der Waals surface area contributed by atoms with Gasteiger partial charge in [-0.1, -0.05) is 25.1 Å². The van der Waals surface area contributed by atoms with Crippen LogP contribution in [0, 0.1) is 0 Å². The molecule has 84 valence electrons. The summed E-state index contributed by atoms with van der Waals surface area (Å²) in [6, 6.07) is 7.92. The van der Waals surface area contributed by atoms with Gasteiger partial charge in [0.2, 0.25) is 0 Å². The summed E-state index contributed by atoms with van der Waals surface area (Å²) < 4.78 is 0. The average molecular weight is 215 g/mol. The van der Waals surface area contributed by atoms with Gasteiger partial charge in [0, 0.05) is 23.9 Å². The summed E-state index contributed by atoms with van der Waals surface area (Å²) in [4.78, 5) is 12.2. The Balaban J connectivity index is 2.22. The van der Waals surface area contributed by atoms with E-state index in [2.05, 4.69) is 18.3 Å². The number of hydrogen-bond acceptors (Lipinski definition) is 2. The number of hydrogen-bond donors (Lipinski definition) is 1. The molecule has 2 heteroatoms. The Labute approximate surface area is 96.4 Å². The van der Waals surface area contributed by atoms with Gasteiger partial charge in [0.05, 0.1) is 0 Å². The first kappa shape index (κ1) is 10.9. The Bertz CT molecular complexity index is 420. The molecule has 2 nitrogen and oxygen atoms in total. The van der Waals surface area contributed by atoms with Crippen molar-refractivity contribution in [2.24, 2.45) is 0 Å². The Kier molecular flexibility index (Phi) is 3.40. The van der Waals surface area contributed by atoms with Gasteiger partial charge < -0.3 is 5.32 Å². The van der Waals surface area contributed by atoms with Gasteiger partial charge in [0.1, 0.15) is 0 Å². The molecule has 1 heterocycles. The van der Waals surface area contributed by atoms with Crippen LogP contribution in [0.15, 0.2) is 36.0 Å². The van der Waals surface area contributed by atoms with Crippen molar-refractivity contribution in [3.8, 4) is 0 Å². The maximum absolute atomic E-state index is 12.2. The minimum absolute atomic E-state index is 0.169. The monoisotopic (exact) mass is 215 g/mol. The van der Waals surface area contributed by atoms with Gasteiger partial charge in [-0.25, -0.2) is 0 Å². The van der Waals surface area contributed by atoms with Gasteiger partial charge in [-0.2, -0.15) is 0 Å². The predicted octanol–water partition coefficient (Wildman–Crippen LogP) is 2.70. The number of carbonyl (C=O) groups is 1. The predicted molar refractivity (Wildman–Crippen MR) is 65.5 cm³/mol. The maximum atomic E-state index is 12.2. The van der Waals surface area contributed by atoms with E-state index < -0.39 is 0 Å². The van der Waals surface area contributed by atoms with E-state index in [1.54, 1.807) is 0 Å². The van der Waals surface area contributed by atoms with E-state index >= 15 is 0 Å². The van der Waals surface area contributed by atoms with Crippen LogP contribution in [0.1, 0.15) is 35.7 Å². The van der Waals surface area contributed by atoms with Crippen molar-refractivity contribution < 1.29 is 4.79 Å². The molecule has 0 fully saturated rings. The minimum Gasteiger partial charge on any atom is -0.391 e. The van der Waals surface area contributed by atoms with E-state index in [1.165, 1.54) is 5.56 Å². The zero-order valence-corrected chi connectivity index (χ0v) is 9.62. The van der Waals surface area contributed by atoms with Crippen LogP contribution >= 0.6 is 0 Å². The molecule has 1 aromatic carbocycles. The van der Waals surface area contributed by atoms with E-state index in [4.69, 9.17) is 0 Å². The Morgan fingerprint density at radius 2 is 2.31 bits per heavy atom. The number of Topliss-reactive ketones (excluding diaryl/α,β-unsaturated/α-hetero) is 1. The summed E-state index contributed by atoms with van der Waals surface area (Å²) in [7, 11) is 0. The van der Waals surface area contributed by atoms with Crippen LogP contribution in [0.5, 0.6) is 0 Å². The number of carbonyl (C=O) groups excluding carboxylic acids is 1. The fourth-order valence-corrected chi connectivity index (χ4v) is 1.95. The molecule has 0 aliphatic carbocycles. The van der Waals surface area contributed by atoms with Gasteiger partial charge in [0.25, 0.3) is 0 Å². The minimum atomic E-state index is 0.169. The van der Waals surface area contributed by atoms with Crippen molar-refractivity contribution in [1.29, 1.82) is 0 Å². The summed E-state index contributed by atoms with van der Waals surface area (Å²) in [5.41, 5.74) is 2.93. The summed E-state index contributed by atoms with van der Waals surface area (Å²) in [5, 5.41) is 3.13. The largest absolute Gasteiger partial charge is 0.391 e. The van der Waals surface area contributed by atoms with Crippen LogP contribution in [0.4, 0.5) is 0 Å². The van der Waals surface area contributed by atoms with Crippen LogP contribution in [0.25, 0.3) is 0 Å². The smallest absolute Gasteiger partial charge is 0.190 e. The van der Waals surface area contributed by atoms with E-state index in [9.17, 15) is 4.79 Å². The lowest BCUT2D eigenvalue weighted by Gasteiger charge is -2.13. The Hall–Kier alpha value is -1.57. The third-order valence-electron chi connectivity index (χ3n) is 2.93.